The minimum absolute atomic E-state index is 0.190. The quantitative estimate of drug-likeness (QED) is 0.849. The van der Waals surface area contributed by atoms with Crippen LogP contribution in [-0.2, 0) is 14.3 Å². The highest BCUT2D eigenvalue weighted by molar-refractivity contribution is 6.00. The van der Waals surface area contributed by atoms with Crippen LogP contribution in [0.2, 0.25) is 0 Å². The van der Waals surface area contributed by atoms with E-state index >= 15 is 0 Å². The fraction of sp³-hybridized carbons (Fsp3) is 0.286. The van der Waals surface area contributed by atoms with Gasteiger partial charge in [-0.3, -0.25) is 14.5 Å². The molecule has 6 nitrogen and oxygen atoms in total. The molecule has 2 atom stereocenters. The number of cyclic esters (lactones) is 1. The lowest BCUT2D eigenvalue weighted by molar-refractivity contribution is -0.144. The van der Waals surface area contributed by atoms with E-state index in [1.54, 1.807) is 24.3 Å². The molecule has 0 spiro atoms. The highest BCUT2D eigenvalue weighted by Crippen LogP contribution is 2.38. The zero-order valence-corrected chi connectivity index (χ0v) is 15.2. The summed E-state index contributed by atoms with van der Waals surface area (Å²) in [7, 11) is 0. The Kier molecular flexibility index (Phi) is 4.18. The molecule has 4 rings (SSSR count). The first kappa shape index (κ1) is 17.3. The molecular weight excluding hydrogens is 344 g/mol. The Hall–Kier alpha value is -3.15. The molecule has 1 fully saturated rings. The van der Waals surface area contributed by atoms with Crippen molar-refractivity contribution in [1.29, 1.82) is 0 Å². The highest BCUT2D eigenvalue weighted by Gasteiger charge is 2.46. The smallest absolute Gasteiger partial charge is 0.340 e. The summed E-state index contributed by atoms with van der Waals surface area (Å²) in [6, 6.07) is 12.0. The number of ether oxygens (including phenoxy) is 1. The summed E-state index contributed by atoms with van der Waals surface area (Å²) in [6.07, 6.45) is -0.202. The molecule has 2 aliphatic heterocycles. The van der Waals surface area contributed by atoms with Gasteiger partial charge in [0, 0.05) is 17.7 Å². The van der Waals surface area contributed by atoms with Crippen LogP contribution < -0.4 is 5.32 Å². The fourth-order valence-corrected chi connectivity index (χ4v) is 3.63. The van der Waals surface area contributed by atoms with Crippen molar-refractivity contribution in [3.8, 4) is 0 Å². The number of hydrogen-bond donors (Lipinski definition) is 1. The third-order valence-electron chi connectivity index (χ3n) is 5.25. The van der Waals surface area contributed by atoms with Gasteiger partial charge in [0.15, 0.2) is 0 Å². The first-order valence-corrected chi connectivity index (χ1v) is 8.95. The average Bonchev–Trinajstić information content (AvgIpc) is 3.19. The predicted molar refractivity (Wildman–Crippen MR) is 99.0 cm³/mol. The standard InChI is InChI=1S/C21H20N2O4/c1-12-7-8-14(11-13(12)2)22-19(25)17-9-10-18(24)23(17)20-15-5-3-4-6-16(15)21(26)27-20/h3-8,11,17,20H,9-10H2,1-2H3,(H,22,25)/t17-,20+/m1/s1. The van der Waals surface area contributed by atoms with Gasteiger partial charge in [-0.15, -0.1) is 0 Å². The fourth-order valence-electron chi connectivity index (χ4n) is 3.63. The van der Waals surface area contributed by atoms with E-state index in [0.717, 1.165) is 11.1 Å². The topological polar surface area (TPSA) is 75.7 Å². The van der Waals surface area contributed by atoms with Crippen LogP contribution in [0.25, 0.3) is 0 Å². The lowest BCUT2D eigenvalue weighted by Crippen LogP contribution is -2.43. The van der Waals surface area contributed by atoms with Crippen LogP contribution in [0, 0.1) is 13.8 Å². The minimum Gasteiger partial charge on any atom is -0.433 e. The predicted octanol–water partition coefficient (Wildman–Crippen LogP) is 3.10. The zero-order valence-electron chi connectivity index (χ0n) is 15.2. The van der Waals surface area contributed by atoms with Crippen molar-refractivity contribution >= 4 is 23.5 Å². The summed E-state index contributed by atoms with van der Waals surface area (Å²) in [6.45, 7) is 3.98. The van der Waals surface area contributed by atoms with Crippen LogP contribution >= 0.6 is 0 Å². The van der Waals surface area contributed by atoms with Crippen LogP contribution in [0.1, 0.15) is 46.1 Å². The number of nitrogens with zero attached hydrogens (tertiary/aromatic N) is 1. The van der Waals surface area contributed by atoms with Gasteiger partial charge in [-0.05, 0) is 49.6 Å². The zero-order chi connectivity index (χ0) is 19.1. The molecule has 2 aliphatic rings. The van der Waals surface area contributed by atoms with E-state index in [0.29, 0.717) is 23.2 Å². The molecule has 0 unspecified atom stereocenters. The maximum absolute atomic E-state index is 12.9. The monoisotopic (exact) mass is 364 g/mol. The van der Waals surface area contributed by atoms with E-state index < -0.39 is 18.2 Å². The number of esters is 1. The molecule has 0 aromatic heterocycles. The van der Waals surface area contributed by atoms with E-state index in [1.807, 2.05) is 32.0 Å². The molecule has 2 amide bonds. The number of benzene rings is 2. The largest absolute Gasteiger partial charge is 0.433 e. The van der Waals surface area contributed by atoms with Crippen molar-refractivity contribution in [1.82, 2.24) is 4.90 Å². The van der Waals surface area contributed by atoms with Gasteiger partial charge < -0.3 is 10.1 Å². The number of likely N-dealkylation sites (tertiary alicyclic amines) is 1. The molecule has 1 saturated heterocycles. The third kappa shape index (κ3) is 2.97. The third-order valence-corrected chi connectivity index (χ3v) is 5.25. The molecule has 0 aliphatic carbocycles. The second kappa shape index (κ2) is 6.54. The number of anilines is 1. The van der Waals surface area contributed by atoms with Gasteiger partial charge in [-0.2, -0.15) is 0 Å². The Morgan fingerprint density at radius 2 is 1.89 bits per heavy atom. The van der Waals surface area contributed by atoms with E-state index in [1.165, 1.54) is 4.90 Å². The van der Waals surface area contributed by atoms with Crippen LogP contribution in [0.5, 0.6) is 0 Å². The van der Waals surface area contributed by atoms with E-state index in [4.69, 9.17) is 4.74 Å². The van der Waals surface area contributed by atoms with Gasteiger partial charge in [0.2, 0.25) is 18.0 Å². The molecule has 0 radical (unpaired) electrons. The number of nitrogens with one attached hydrogen (secondary N) is 1. The van der Waals surface area contributed by atoms with Crippen molar-refractivity contribution in [3.63, 3.8) is 0 Å². The number of fused-ring (bicyclic) bond motifs is 1. The van der Waals surface area contributed by atoms with Crippen molar-refractivity contribution in [3.05, 3.63) is 64.7 Å². The van der Waals surface area contributed by atoms with E-state index in [-0.39, 0.29) is 18.2 Å². The average molecular weight is 364 g/mol. The second-order valence-electron chi connectivity index (χ2n) is 6.99. The molecule has 2 aromatic rings. The Morgan fingerprint density at radius 3 is 2.67 bits per heavy atom. The van der Waals surface area contributed by atoms with Gasteiger partial charge in [0.05, 0.1) is 5.56 Å². The Morgan fingerprint density at radius 1 is 1.11 bits per heavy atom. The number of carbonyl (C=O) groups excluding carboxylic acids is 3. The molecule has 0 bridgehead atoms. The molecule has 6 heteroatoms. The molecule has 2 aromatic carbocycles. The Bertz CT molecular complexity index is 953. The SMILES string of the molecule is Cc1ccc(NC(=O)[C@H]2CCC(=O)N2[C@H]2OC(=O)c3ccccc32)cc1C. The Labute approximate surface area is 157 Å². The lowest BCUT2D eigenvalue weighted by Gasteiger charge is -2.29. The van der Waals surface area contributed by atoms with E-state index in [2.05, 4.69) is 5.32 Å². The first-order chi connectivity index (χ1) is 13.0. The van der Waals surface area contributed by atoms with Crippen molar-refractivity contribution in [2.24, 2.45) is 0 Å². The van der Waals surface area contributed by atoms with Crippen LogP contribution in [0.4, 0.5) is 5.69 Å². The van der Waals surface area contributed by atoms with Crippen LogP contribution in [0.3, 0.4) is 0 Å². The maximum Gasteiger partial charge on any atom is 0.340 e. The minimum atomic E-state index is -0.848. The summed E-state index contributed by atoms with van der Waals surface area (Å²) in [5.74, 6) is -0.933. The van der Waals surface area contributed by atoms with Gasteiger partial charge in [0.1, 0.15) is 6.04 Å². The number of rotatable bonds is 3. The summed E-state index contributed by atoms with van der Waals surface area (Å²) in [5, 5.41) is 2.89. The summed E-state index contributed by atoms with van der Waals surface area (Å²) < 4.78 is 5.44. The number of hydrogen-bond acceptors (Lipinski definition) is 4. The van der Waals surface area contributed by atoms with E-state index in [9.17, 15) is 14.4 Å². The van der Waals surface area contributed by atoms with Gasteiger partial charge in [-0.1, -0.05) is 24.3 Å². The van der Waals surface area contributed by atoms with Gasteiger partial charge in [0.25, 0.3) is 0 Å². The summed E-state index contributed by atoms with van der Waals surface area (Å²) >= 11 is 0. The van der Waals surface area contributed by atoms with Gasteiger partial charge in [-0.25, -0.2) is 4.79 Å². The van der Waals surface area contributed by atoms with Crippen molar-refractivity contribution in [2.75, 3.05) is 5.32 Å². The molecule has 0 saturated carbocycles. The van der Waals surface area contributed by atoms with Crippen LogP contribution in [0.15, 0.2) is 42.5 Å². The Balaban J connectivity index is 1.59. The van der Waals surface area contributed by atoms with Crippen molar-refractivity contribution < 1.29 is 19.1 Å². The first-order valence-electron chi connectivity index (χ1n) is 8.95. The molecule has 2 heterocycles. The molecule has 1 N–H and O–H groups in total. The normalized spacial score (nSPS) is 21.2. The maximum atomic E-state index is 12.9. The highest BCUT2D eigenvalue weighted by atomic mass is 16.6. The summed E-state index contributed by atoms with van der Waals surface area (Å²) in [5.41, 5.74) is 3.97. The number of amides is 2. The molecule has 27 heavy (non-hydrogen) atoms. The molecular formula is C21H20N2O4. The second-order valence-corrected chi connectivity index (χ2v) is 6.99. The van der Waals surface area contributed by atoms with Crippen molar-refractivity contribution in [2.45, 2.75) is 39.0 Å². The number of carbonyl (C=O) groups is 3. The number of aryl methyl sites for hydroxylation is 2. The van der Waals surface area contributed by atoms with Gasteiger partial charge >= 0.3 is 5.97 Å². The summed E-state index contributed by atoms with van der Waals surface area (Å²) in [4.78, 5) is 38.9. The lowest BCUT2D eigenvalue weighted by atomic mass is 10.1. The molecule has 138 valence electrons. The van der Waals surface area contributed by atoms with Crippen LogP contribution in [-0.4, -0.2) is 28.7 Å².